The van der Waals surface area contributed by atoms with Crippen LogP contribution in [0.25, 0.3) is 0 Å². The molecule has 0 aromatic heterocycles. The van der Waals surface area contributed by atoms with Gasteiger partial charge < -0.3 is 14.6 Å². The van der Waals surface area contributed by atoms with Crippen molar-refractivity contribution in [3.63, 3.8) is 0 Å². The number of hydrogen-bond acceptors (Lipinski definition) is 3. The van der Waals surface area contributed by atoms with Gasteiger partial charge in [-0.05, 0) is 49.3 Å². The van der Waals surface area contributed by atoms with Gasteiger partial charge in [0, 0.05) is 6.07 Å². The number of benzene rings is 1. The second-order valence-electron chi connectivity index (χ2n) is 5.14. The number of ether oxygens (including phenoxy) is 2. The summed E-state index contributed by atoms with van der Waals surface area (Å²) in [6, 6.07) is 5.84. The maximum atomic E-state index is 11.0. The predicted octanol–water partition coefficient (Wildman–Crippen LogP) is 2.75. The lowest BCUT2D eigenvalue weighted by Crippen LogP contribution is -2.10. The smallest absolute Gasteiger partial charge is 0.306 e. The van der Waals surface area contributed by atoms with Gasteiger partial charge in [-0.15, -0.1) is 0 Å². The minimum Gasteiger partial charge on any atom is -0.497 e. The van der Waals surface area contributed by atoms with Gasteiger partial charge in [-0.1, -0.05) is 0 Å². The van der Waals surface area contributed by atoms with E-state index in [-0.39, 0.29) is 5.92 Å². The highest BCUT2D eigenvalue weighted by molar-refractivity contribution is 5.70. The Balaban J connectivity index is 2.05. The first kappa shape index (κ1) is 13.7. The summed E-state index contributed by atoms with van der Waals surface area (Å²) >= 11 is 0. The fourth-order valence-corrected chi connectivity index (χ4v) is 2.80. The Morgan fingerprint density at radius 3 is 2.32 bits per heavy atom. The van der Waals surface area contributed by atoms with Gasteiger partial charge in [-0.2, -0.15) is 0 Å². The van der Waals surface area contributed by atoms with E-state index in [1.807, 2.05) is 18.2 Å². The predicted molar refractivity (Wildman–Crippen MR) is 71.7 cm³/mol. The van der Waals surface area contributed by atoms with Crippen LogP contribution in [0.3, 0.4) is 0 Å². The van der Waals surface area contributed by atoms with Crippen LogP contribution in [0.4, 0.5) is 0 Å². The minimum atomic E-state index is -0.661. The van der Waals surface area contributed by atoms with Gasteiger partial charge >= 0.3 is 5.97 Å². The molecule has 1 aliphatic rings. The Morgan fingerprint density at radius 2 is 1.84 bits per heavy atom. The lowest BCUT2D eigenvalue weighted by Gasteiger charge is -2.12. The molecule has 0 radical (unpaired) electrons. The standard InChI is InChI=1S/C15H20O4/c1-18-13-7-11(8-14(9-13)19-2)5-10-3-4-12(6-10)15(16)17/h7-10,12H,3-6H2,1-2H3,(H,16,17). The minimum absolute atomic E-state index is 0.169. The highest BCUT2D eigenvalue weighted by atomic mass is 16.5. The molecule has 1 aromatic carbocycles. The molecule has 1 aromatic rings. The summed E-state index contributed by atoms with van der Waals surface area (Å²) in [5.74, 6) is 1.17. The normalized spacial score (nSPS) is 22.2. The van der Waals surface area contributed by atoms with E-state index in [1.54, 1.807) is 14.2 Å². The van der Waals surface area contributed by atoms with Crippen LogP contribution in [0.5, 0.6) is 11.5 Å². The van der Waals surface area contributed by atoms with Crippen LogP contribution >= 0.6 is 0 Å². The number of methoxy groups -OCH3 is 2. The quantitative estimate of drug-likeness (QED) is 0.888. The molecule has 0 spiro atoms. The fraction of sp³-hybridized carbons (Fsp3) is 0.533. The fourth-order valence-electron chi connectivity index (χ4n) is 2.80. The van der Waals surface area contributed by atoms with Gasteiger partial charge in [0.05, 0.1) is 20.1 Å². The van der Waals surface area contributed by atoms with E-state index in [4.69, 9.17) is 14.6 Å². The Labute approximate surface area is 113 Å². The van der Waals surface area contributed by atoms with Crippen molar-refractivity contribution in [1.29, 1.82) is 0 Å². The SMILES string of the molecule is COc1cc(CC2CCC(C(=O)O)C2)cc(OC)c1. The molecule has 1 fully saturated rings. The zero-order valence-corrected chi connectivity index (χ0v) is 11.4. The third kappa shape index (κ3) is 3.40. The van der Waals surface area contributed by atoms with E-state index in [9.17, 15) is 4.79 Å². The summed E-state index contributed by atoms with van der Waals surface area (Å²) < 4.78 is 10.5. The van der Waals surface area contributed by atoms with E-state index in [1.165, 1.54) is 0 Å². The van der Waals surface area contributed by atoms with Crippen molar-refractivity contribution in [3.8, 4) is 11.5 Å². The molecule has 104 valence electrons. The summed E-state index contributed by atoms with van der Waals surface area (Å²) in [4.78, 5) is 11.0. The first-order valence-electron chi connectivity index (χ1n) is 6.57. The molecule has 19 heavy (non-hydrogen) atoms. The highest BCUT2D eigenvalue weighted by Crippen LogP contribution is 2.34. The van der Waals surface area contributed by atoms with Gasteiger partial charge in [0.2, 0.25) is 0 Å². The van der Waals surface area contributed by atoms with E-state index in [0.717, 1.165) is 42.7 Å². The zero-order chi connectivity index (χ0) is 13.8. The molecule has 2 rings (SSSR count). The summed E-state index contributed by atoms with van der Waals surface area (Å²) in [7, 11) is 3.27. The molecule has 1 N–H and O–H groups in total. The Bertz CT molecular complexity index is 433. The van der Waals surface area contributed by atoms with Crippen LogP contribution in [0, 0.1) is 11.8 Å². The van der Waals surface area contributed by atoms with Crippen molar-refractivity contribution in [3.05, 3.63) is 23.8 Å². The van der Waals surface area contributed by atoms with Crippen LogP contribution < -0.4 is 9.47 Å². The molecule has 1 aliphatic carbocycles. The Morgan fingerprint density at radius 1 is 1.21 bits per heavy atom. The highest BCUT2D eigenvalue weighted by Gasteiger charge is 2.29. The molecular weight excluding hydrogens is 244 g/mol. The lowest BCUT2D eigenvalue weighted by atomic mass is 9.96. The van der Waals surface area contributed by atoms with Crippen molar-refractivity contribution < 1.29 is 19.4 Å². The summed E-state index contributed by atoms with van der Waals surface area (Å²) in [6.45, 7) is 0. The number of rotatable bonds is 5. The second-order valence-corrected chi connectivity index (χ2v) is 5.14. The Kier molecular flexibility index (Phi) is 4.30. The molecule has 1 saturated carbocycles. The maximum Gasteiger partial charge on any atom is 0.306 e. The van der Waals surface area contributed by atoms with Crippen molar-refractivity contribution in [2.75, 3.05) is 14.2 Å². The van der Waals surface area contributed by atoms with Gasteiger partial charge in [0.1, 0.15) is 11.5 Å². The second kappa shape index (κ2) is 5.95. The maximum absolute atomic E-state index is 11.0. The van der Waals surface area contributed by atoms with Crippen molar-refractivity contribution in [2.24, 2.45) is 11.8 Å². The van der Waals surface area contributed by atoms with Gasteiger partial charge in [-0.3, -0.25) is 4.79 Å². The van der Waals surface area contributed by atoms with E-state index >= 15 is 0 Å². The van der Waals surface area contributed by atoms with Crippen LogP contribution in [-0.4, -0.2) is 25.3 Å². The van der Waals surface area contributed by atoms with Crippen LogP contribution in [0.1, 0.15) is 24.8 Å². The average Bonchev–Trinajstić information content (AvgIpc) is 2.87. The molecule has 4 nitrogen and oxygen atoms in total. The van der Waals surface area contributed by atoms with Crippen LogP contribution in [-0.2, 0) is 11.2 Å². The van der Waals surface area contributed by atoms with E-state index < -0.39 is 5.97 Å². The first-order valence-corrected chi connectivity index (χ1v) is 6.57. The molecule has 2 atom stereocenters. The van der Waals surface area contributed by atoms with Crippen molar-refractivity contribution in [1.82, 2.24) is 0 Å². The topological polar surface area (TPSA) is 55.8 Å². The zero-order valence-electron chi connectivity index (χ0n) is 11.4. The number of aliphatic carboxylic acids is 1. The molecule has 0 bridgehead atoms. The Hall–Kier alpha value is -1.71. The van der Waals surface area contributed by atoms with E-state index in [2.05, 4.69) is 0 Å². The summed E-state index contributed by atoms with van der Waals surface area (Å²) in [5, 5.41) is 9.02. The average molecular weight is 264 g/mol. The lowest BCUT2D eigenvalue weighted by molar-refractivity contribution is -0.141. The molecule has 0 aliphatic heterocycles. The van der Waals surface area contributed by atoms with Crippen molar-refractivity contribution in [2.45, 2.75) is 25.7 Å². The molecule has 0 saturated heterocycles. The monoisotopic (exact) mass is 264 g/mol. The number of carboxylic acids is 1. The molecular formula is C15H20O4. The number of hydrogen-bond donors (Lipinski definition) is 1. The third-order valence-electron chi connectivity index (χ3n) is 3.83. The van der Waals surface area contributed by atoms with E-state index in [0.29, 0.717) is 5.92 Å². The number of carbonyl (C=O) groups is 1. The summed E-state index contributed by atoms with van der Waals surface area (Å²) in [6.07, 6.45) is 3.43. The van der Waals surface area contributed by atoms with Gasteiger partial charge in [0.25, 0.3) is 0 Å². The molecule has 2 unspecified atom stereocenters. The first-order chi connectivity index (χ1) is 9.12. The third-order valence-corrected chi connectivity index (χ3v) is 3.83. The number of carboxylic acid groups (broad SMARTS) is 1. The van der Waals surface area contributed by atoms with Crippen LogP contribution in [0.15, 0.2) is 18.2 Å². The molecule has 0 heterocycles. The summed E-state index contributed by atoms with van der Waals surface area (Å²) in [5.41, 5.74) is 1.15. The van der Waals surface area contributed by atoms with Gasteiger partial charge in [0.15, 0.2) is 0 Å². The molecule has 4 heteroatoms. The van der Waals surface area contributed by atoms with Crippen LogP contribution in [0.2, 0.25) is 0 Å². The van der Waals surface area contributed by atoms with Gasteiger partial charge in [-0.25, -0.2) is 0 Å². The largest absolute Gasteiger partial charge is 0.497 e. The van der Waals surface area contributed by atoms with Crippen molar-refractivity contribution >= 4 is 5.97 Å². The molecule has 0 amide bonds.